The van der Waals surface area contributed by atoms with Crippen LogP contribution in [0.1, 0.15) is 0 Å². The van der Waals surface area contributed by atoms with Crippen LogP contribution < -0.4 is 0 Å². The van der Waals surface area contributed by atoms with E-state index in [1.807, 2.05) is 64.8 Å². The van der Waals surface area contributed by atoms with Crippen molar-refractivity contribution < 1.29 is 14.2 Å². The average molecular weight is 405 g/mol. The molecule has 3 unspecified atom stereocenters. The Morgan fingerprint density at radius 2 is 1.10 bits per heavy atom. The van der Waals surface area contributed by atoms with E-state index in [4.69, 9.17) is 14.2 Å². The van der Waals surface area contributed by atoms with E-state index in [1.165, 1.54) is 11.5 Å². The molecule has 0 aromatic carbocycles. The second-order valence-corrected chi connectivity index (χ2v) is 12.8. The van der Waals surface area contributed by atoms with Crippen LogP contribution in [0.5, 0.6) is 0 Å². The summed E-state index contributed by atoms with van der Waals surface area (Å²) < 4.78 is 15.8. The minimum Gasteiger partial charge on any atom is -0.372 e. The molecule has 0 radical (unpaired) electrons. The van der Waals surface area contributed by atoms with E-state index in [9.17, 15) is 0 Å². The van der Waals surface area contributed by atoms with Gasteiger partial charge in [-0.15, -0.1) is 0 Å². The monoisotopic (exact) mass is 404 g/mol. The molecule has 3 aliphatic rings. The van der Waals surface area contributed by atoms with Crippen LogP contribution in [0.25, 0.3) is 0 Å². The van der Waals surface area contributed by atoms with Gasteiger partial charge in [0.2, 0.25) is 0 Å². The maximum atomic E-state index is 5.27. The van der Waals surface area contributed by atoms with Crippen molar-refractivity contribution in [3.8, 4) is 0 Å². The van der Waals surface area contributed by atoms with E-state index in [-0.39, 0.29) is 0 Å². The molecule has 0 bridgehead atoms. The van der Waals surface area contributed by atoms with E-state index in [0.717, 1.165) is 37.1 Å². The maximum absolute atomic E-state index is 5.27. The van der Waals surface area contributed by atoms with Gasteiger partial charge in [-0.05, 0) is 0 Å². The van der Waals surface area contributed by atoms with Gasteiger partial charge in [0, 0.05) is 34.0 Å². The molecular formula is C12H20O3S6. The molecule has 0 saturated carbocycles. The Morgan fingerprint density at radius 3 is 1.52 bits per heavy atom. The number of hydrogen-bond acceptors (Lipinski definition) is 9. The molecule has 0 N–H and O–H groups in total. The lowest BCUT2D eigenvalue weighted by molar-refractivity contribution is 0.426. The minimum atomic E-state index is 0.534. The van der Waals surface area contributed by atoms with Gasteiger partial charge in [0.15, 0.2) is 0 Å². The highest BCUT2D eigenvalue weighted by Crippen LogP contribution is 2.39. The fourth-order valence-electron chi connectivity index (χ4n) is 1.30. The summed E-state index contributed by atoms with van der Waals surface area (Å²) in [6, 6.07) is 0. The molecule has 3 saturated heterocycles. The summed E-state index contributed by atoms with van der Waals surface area (Å²) in [5.41, 5.74) is 0. The van der Waals surface area contributed by atoms with Crippen molar-refractivity contribution >= 4 is 64.8 Å². The molecule has 3 nitrogen and oxygen atoms in total. The van der Waals surface area contributed by atoms with Crippen LogP contribution in [0.4, 0.5) is 0 Å². The first kappa shape index (κ1) is 17.8. The summed E-state index contributed by atoms with van der Waals surface area (Å²) in [5, 5.41) is 0.712. The third kappa shape index (κ3) is 9.14. The zero-order valence-corrected chi connectivity index (χ0v) is 16.5. The summed E-state index contributed by atoms with van der Waals surface area (Å²) in [7, 11) is 12.0. The lowest BCUT2D eigenvalue weighted by Gasteiger charge is -2.14. The summed E-state index contributed by atoms with van der Waals surface area (Å²) >= 11 is 0. The SMILES string of the molecule is C1OC1CSSCC(CSSCC1CO1)SSCC1CO1. The number of ether oxygens (including phenoxy) is 3. The Balaban J connectivity index is 1.23. The van der Waals surface area contributed by atoms with Gasteiger partial charge < -0.3 is 14.2 Å². The molecule has 9 heteroatoms. The topological polar surface area (TPSA) is 37.6 Å². The van der Waals surface area contributed by atoms with Crippen LogP contribution in [-0.2, 0) is 14.2 Å². The Morgan fingerprint density at radius 1 is 0.667 bits per heavy atom. The predicted octanol–water partition coefficient (Wildman–Crippen LogP) is 3.70. The molecule has 0 spiro atoms. The number of epoxide rings is 3. The molecule has 122 valence electrons. The van der Waals surface area contributed by atoms with Gasteiger partial charge in [0.1, 0.15) is 0 Å². The fourth-order valence-corrected chi connectivity index (χ4v) is 10.4. The van der Waals surface area contributed by atoms with E-state index in [1.54, 1.807) is 0 Å². The smallest absolute Gasteiger partial charge is 0.0908 e. The summed E-state index contributed by atoms with van der Waals surface area (Å²) in [6.07, 6.45) is 1.61. The summed E-state index contributed by atoms with van der Waals surface area (Å²) in [6.45, 7) is 2.91. The molecule has 3 heterocycles. The first-order chi connectivity index (χ1) is 10.4. The van der Waals surface area contributed by atoms with Gasteiger partial charge in [-0.25, -0.2) is 0 Å². The maximum Gasteiger partial charge on any atom is 0.0908 e. The van der Waals surface area contributed by atoms with Gasteiger partial charge in [0.25, 0.3) is 0 Å². The van der Waals surface area contributed by atoms with Crippen molar-refractivity contribution in [1.82, 2.24) is 0 Å². The zero-order valence-electron chi connectivity index (χ0n) is 11.6. The van der Waals surface area contributed by atoms with Gasteiger partial charge in [-0.1, -0.05) is 64.8 Å². The highest BCUT2D eigenvalue weighted by atomic mass is 33.1. The van der Waals surface area contributed by atoms with Crippen molar-refractivity contribution in [3.63, 3.8) is 0 Å². The van der Waals surface area contributed by atoms with Crippen LogP contribution in [-0.4, -0.2) is 72.1 Å². The molecule has 0 amide bonds. The number of rotatable bonds is 14. The normalized spacial score (nSPS) is 31.1. The Bertz CT molecular complexity index is 279. The predicted molar refractivity (Wildman–Crippen MR) is 103 cm³/mol. The Labute approximate surface area is 150 Å². The first-order valence-corrected chi connectivity index (χ1v) is 14.4. The molecule has 3 fully saturated rings. The van der Waals surface area contributed by atoms with Gasteiger partial charge in [-0.3, -0.25) is 0 Å². The van der Waals surface area contributed by atoms with E-state index in [0.29, 0.717) is 23.6 Å². The van der Waals surface area contributed by atoms with Gasteiger partial charge >= 0.3 is 0 Å². The Hall–Kier alpha value is 1.98. The van der Waals surface area contributed by atoms with Crippen LogP contribution in [0.2, 0.25) is 0 Å². The van der Waals surface area contributed by atoms with Crippen molar-refractivity contribution in [1.29, 1.82) is 0 Å². The molecular weight excluding hydrogens is 385 g/mol. The number of hydrogen-bond donors (Lipinski definition) is 0. The Kier molecular flexibility index (Phi) is 8.54. The molecule has 0 aromatic heterocycles. The fraction of sp³-hybridized carbons (Fsp3) is 1.00. The van der Waals surface area contributed by atoms with Crippen LogP contribution in [0.3, 0.4) is 0 Å². The molecule has 0 aliphatic carbocycles. The summed E-state index contributed by atoms with van der Waals surface area (Å²) in [4.78, 5) is 0. The molecule has 3 rings (SSSR count). The van der Waals surface area contributed by atoms with Gasteiger partial charge in [-0.2, -0.15) is 0 Å². The second-order valence-electron chi connectivity index (χ2n) is 5.01. The molecule has 0 aromatic rings. The lowest BCUT2D eigenvalue weighted by Crippen LogP contribution is -2.08. The third-order valence-corrected chi connectivity index (χ3v) is 11.2. The van der Waals surface area contributed by atoms with Crippen molar-refractivity contribution in [2.45, 2.75) is 23.6 Å². The summed E-state index contributed by atoms with van der Waals surface area (Å²) in [5.74, 6) is 5.86. The van der Waals surface area contributed by atoms with E-state index >= 15 is 0 Å². The molecule has 3 aliphatic heterocycles. The minimum absolute atomic E-state index is 0.534. The van der Waals surface area contributed by atoms with Crippen LogP contribution in [0.15, 0.2) is 0 Å². The quantitative estimate of drug-likeness (QED) is 0.245. The highest BCUT2D eigenvalue weighted by Gasteiger charge is 2.25. The van der Waals surface area contributed by atoms with E-state index < -0.39 is 0 Å². The van der Waals surface area contributed by atoms with Gasteiger partial charge in [0.05, 0.1) is 38.1 Å². The second kappa shape index (κ2) is 10.1. The molecule has 21 heavy (non-hydrogen) atoms. The van der Waals surface area contributed by atoms with Crippen LogP contribution >= 0.6 is 64.8 Å². The molecule has 3 atom stereocenters. The van der Waals surface area contributed by atoms with Crippen molar-refractivity contribution in [3.05, 3.63) is 0 Å². The highest BCUT2D eigenvalue weighted by molar-refractivity contribution is 8.79. The van der Waals surface area contributed by atoms with Crippen LogP contribution in [0, 0.1) is 0 Å². The standard InChI is InChI=1S/C12H20O3S6/c1-9(13-1)4-16-18-7-12(21-20-6-11-3-15-11)8-19-17-5-10-2-14-10/h9-12H,1-8H2. The van der Waals surface area contributed by atoms with Crippen molar-refractivity contribution in [2.24, 2.45) is 0 Å². The van der Waals surface area contributed by atoms with Crippen molar-refractivity contribution in [2.75, 3.05) is 48.6 Å². The van der Waals surface area contributed by atoms with E-state index in [2.05, 4.69) is 0 Å². The lowest BCUT2D eigenvalue weighted by atomic mass is 10.6. The first-order valence-electron chi connectivity index (χ1n) is 7.02. The third-order valence-electron chi connectivity index (χ3n) is 2.85. The average Bonchev–Trinajstić information content (AvgIpc) is 3.35. The zero-order chi connectivity index (χ0) is 14.3. The largest absolute Gasteiger partial charge is 0.372 e.